The normalized spacial score (nSPS) is 16.2. The number of benzene rings is 1. The smallest absolute Gasteiger partial charge is 0.0489 e. The lowest BCUT2D eigenvalue weighted by Crippen LogP contribution is -2.01. The molecule has 0 heterocycles. The lowest BCUT2D eigenvalue weighted by atomic mass is 10.2. The van der Waals surface area contributed by atoms with Crippen molar-refractivity contribution in [3.63, 3.8) is 0 Å². The van der Waals surface area contributed by atoms with Crippen molar-refractivity contribution in [1.82, 2.24) is 0 Å². The fourth-order valence-electron chi connectivity index (χ4n) is 1.20. The van der Waals surface area contributed by atoms with Gasteiger partial charge < -0.3 is 5.32 Å². The van der Waals surface area contributed by atoms with Gasteiger partial charge in [0.05, 0.1) is 0 Å². The Morgan fingerprint density at radius 1 is 1.42 bits per heavy atom. The number of aryl methyl sites for hydroxylation is 1. The molecular formula is C10H12BrN. The third-order valence-electron chi connectivity index (χ3n) is 2.06. The molecule has 1 saturated carbocycles. The van der Waals surface area contributed by atoms with Gasteiger partial charge in [0.25, 0.3) is 0 Å². The zero-order valence-corrected chi connectivity index (χ0v) is 8.69. The highest BCUT2D eigenvalue weighted by atomic mass is 79.9. The Balaban J connectivity index is 2.21. The first-order valence-electron chi connectivity index (χ1n) is 4.28. The molecule has 0 atom stereocenters. The van der Waals surface area contributed by atoms with Gasteiger partial charge in [-0.2, -0.15) is 0 Å². The summed E-state index contributed by atoms with van der Waals surface area (Å²) < 4.78 is 1.17. The molecule has 1 nitrogen and oxygen atoms in total. The Morgan fingerprint density at radius 2 is 2.17 bits per heavy atom. The van der Waals surface area contributed by atoms with E-state index in [2.05, 4.69) is 46.4 Å². The van der Waals surface area contributed by atoms with Crippen LogP contribution in [0.4, 0.5) is 5.69 Å². The van der Waals surface area contributed by atoms with E-state index >= 15 is 0 Å². The van der Waals surface area contributed by atoms with Gasteiger partial charge >= 0.3 is 0 Å². The molecule has 1 aromatic carbocycles. The van der Waals surface area contributed by atoms with Crippen molar-refractivity contribution < 1.29 is 0 Å². The monoisotopic (exact) mass is 225 g/mol. The van der Waals surface area contributed by atoms with Crippen molar-refractivity contribution in [1.29, 1.82) is 0 Å². The zero-order valence-electron chi connectivity index (χ0n) is 7.10. The number of nitrogens with one attached hydrogen (secondary N) is 1. The maximum Gasteiger partial charge on any atom is 0.0489 e. The number of hydrogen-bond acceptors (Lipinski definition) is 1. The van der Waals surface area contributed by atoms with Crippen LogP contribution in [0.2, 0.25) is 0 Å². The fourth-order valence-corrected chi connectivity index (χ4v) is 1.56. The molecule has 1 aromatic rings. The van der Waals surface area contributed by atoms with Crippen LogP contribution in [-0.2, 0) is 0 Å². The van der Waals surface area contributed by atoms with Gasteiger partial charge in [-0.1, -0.05) is 6.07 Å². The van der Waals surface area contributed by atoms with Gasteiger partial charge in [-0.3, -0.25) is 0 Å². The Morgan fingerprint density at radius 3 is 2.83 bits per heavy atom. The van der Waals surface area contributed by atoms with Crippen LogP contribution in [0.1, 0.15) is 18.4 Å². The molecule has 64 valence electrons. The Labute approximate surface area is 81.3 Å². The highest BCUT2D eigenvalue weighted by molar-refractivity contribution is 9.10. The highest BCUT2D eigenvalue weighted by Crippen LogP contribution is 2.29. The summed E-state index contributed by atoms with van der Waals surface area (Å²) in [5, 5.41) is 3.48. The van der Waals surface area contributed by atoms with Crippen LogP contribution in [0, 0.1) is 6.92 Å². The van der Waals surface area contributed by atoms with Crippen LogP contribution < -0.4 is 5.32 Å². The molecule has 0 amide bonds. The summed E-state index contributed by atoms with van der Waals surface area (Å²) >= 11 is 3.52. The Bertz CT molecular complexity index is 292. The summed E-state index contributed by atoms with van der Waals surface area (Å²) in [4.78, 5) is 0. The van der Waals surface area contributed by atoms with Crippen molar-refractivity contribution in [2.24, 2.45) is 0 Å². The second-order valence-corrected chi connectivity index (χ2v) is 4.26. The average Bonchev–Trinajstić information content (AvgIpc) is 2.81. The summed E-state index contributed by atoms with van der Waals surface area (Å²) in [6, 6.07) is 7.12. The summed E-state index contributed by atoms with van der Waals surface area (Å²) in [7, 11) is 0. The van der Waals surface area contributed by atoms with E-state index < -0.39 is 0 Å². The van der Waals surface area contributed by atoms with Crippen LogP contribution >= 0.6 is 15.9 Å². The predicted molar refractivity (Wildman–Crippen MR) is 55.5 cm³/mol. The van der Waals surface area contributed by atoms with E-state index in [-0.39, 0.29) is 0 Å². The van der Waals surface area contributed by atoms with Gasteiger partial charge in [-0.05, 0) is 53.4 Å². The van der Waals surface area contributed by atoms with Crippen LogP contribution in [-0.4, -0.2) is 6.04 Å². The van der Waals surface area contributed by atoms with Crippen molar-refractivity contribution >= 4 is 21.6 Å². The number of hydrogen-bond donors (Lipinski definition) is 1. The SMILES string of the molecule is Cc1ccc(Br)c(NC2CC2)c1. The molecule has 1 N–H and O–H groups in total. The zero-order chi connectivity index (χ0) is 8.55. The van der Waals surface area contributed by atoms with Crippen molar-refractivity contribution in [2.45, 2.75) is 25.8 Å². The minimum absolute atomic E-state index is 0.725. The lowest BCUT2D eigenvalue weighted by molar-refractivity contribution is 1.15. The first-order chi connectivity index (χ1) is 5.75. The topological polar surface area (TPSA) is 12.0 Å². The Hall–Kier alpha value is -0.500. The van der Waals surface area contributed by atoms with E-state index in [4.69, 9.17) is 0 Å². The Kier molecular flexibility index (Phi) is 2.09. The first kappa shape index (κ1) is 8.11. The first-order valence-corrected chi connectivity index (χ1v) is 5.08. The molecule has 0 aromatic heterocycles. The molecule has 0 spiro atoms. The highest BCUT2D eigenvalue weighted by Gasteiger charge is 2.21. The van der Waals surface area contributed by atoms with E-state index in [1.165, 1.54) is 28.6 Å². The van der Waals surface area contributed by atoms with Crippen LogP contribution in [0.25, 0.3) is 0 Å². The molecule has 0 aliphatic heterocycles. The molecular weight excluding hydrogens is 214 g/mol. The largest absolute Gasteiger partial charge is 0.381 e. The fraction of sp³-hybridized carbons (Fsp3) is 0.400. The maximum absolute atomic E-state index is 3.52. The molecule has 1 aliphatic carbocycles. The standard InChI is InChI=1S/C10H12BrN/c1-7-2-5-9(11)10(6-7)12-8-3-4-8/h2,5-6,8,12H,3-4H2,1H3. The van der Waals surface area contributed by atoms with Crippen molar-refractivity contribution in [2.75, 3.05) is 5.32 Å². The minimum Gasteiger partial charge on any atom is -0.381 e. The molecule has 0 unspecified atom stereocenters. The maximum atomic E-state index is 3.52. The second-order valence-electron chi connectivity index (χ2n) is 3.40. The van der Waals surface area contributed by atoms with Gasteiger partial charge in [0, 0.05) is 16.2 Å². The van der Waals surface area contributed by atoms with Crippen LogP contribution in [0.3, 0.4) is 0 Å². The molecule has 0 radical (unpaired) electrons. The molecule has 1 fully saturated rings. The second kappa shape index (κ2) is 3.09. The molecule has 0 saturated heterocycles. The van der Waals surface area contributed by atoms with Gasteiger partial charge in [0.15, 0.2) is 0 Å². The molecule has 12 heavy (non-hydrogen) atoms. The molecule has 2 rings (SSSR count). The van der Waals surface area contributed by atoms with E-state index in [0.717, 1.165) is 6.04 Å². The summed E-state index contributed by atoms with van der Waals surface area (Å²) in [6.07, 6.45) is 2.64. The molecule has 1 aliphatic rings. The van der Waals surface area contributed by atoms with Gasteiger partial charge in [0.1, 0.15) is 0 Å². The van der Waals surface area contributed by atoms with E-state index in [9.17, 15) is 0 Å². The summed E-state index contributed by atoms with van der Waals surface area (Å²) in [6.45, 7) is 2.12. The minimum atomic E-state index is 0.725. The summed E-state index contributed by atoms with van der Waals surface area (Å²) in [5.74, 6) is 0. The quantitative estimate of drug-likeness (QED) is 0.815. The third kappa shape index (κ3) is 1.81. The molecule has 0 bridgehead atoms. The van der Waals surface area contributed by atoms with E-state index in [1.807, 2.05) is 0 Å². The van der Waals surface area contributed by atoms with Crippen LogP contribution in [0.15, 0.2) is 22.7 Å². The summed E-state index contributed by atoms with van der Waals surface area (Å²) in [5.41, 5.74) is 2.54. The number of anilines is 1. The predicted octanol–water partition coefficient (Wildman–Crippen LogP) is 3.33. The van der Waals surface area contributed by atoms with Crippen molar-refractivity contribution in [3.8, 4) is 0 Å². The van der Waals surface area contributed by atoms with Crippen molar-refractivity contribution in [3.05, 3.63) is 28.2 Å². The molecule has 2 heteroatoms. The lowest BCUT2D eigenvalue weighted by Gasteiger charge is -2.07. The van der Waals surface area contributed by atoms with E-state index in [1.54, 1.807) is 0 Å². The van der Waals surface area contributed by atoms with Gasteiger partial charge in [-0.25, -0.2) is 0 Å². The third-order valence-corrected chi connectivity index (χ3v) is 2.75. The van der Waals surface area contributed by atoms with Gasteiger partial charge in [-0.15, -0.1) is 0 Å². The van der Waals surface area contributed by atoms with Gasteiger partial charge in [0.2, 0.25) is 0 Å². The number of rotatable bonds is 2. The average molecular weight is 226 g/mol. The van der Waals surface area contributed by atoms with E-state index in [0.29, 0.717) is 0 Å². The van der Waals surface area contributed by atoms with Crippen LogP contribution in [0.5, 0.6) is 0 Å². The number of halogens is 1.